The number of hydrogen-bond acceptors (Lipinski definition) is 2. The maximum atomic E-state index is 12.3. The number of benzene rings is 1. The second kappa shape index (κ2) is 4.33. The van der Waals surface area contributed by atoms with Crippen LogP contribution in [0.5, 0.6) is 0 Å². The van der Waals surface area contributed by atoms with E-state index in [1.807, 2.05) is 18.2 Å². The Kier molecular flexibility index (Phi) is 3.06. The highest BCUT2D eigenvalue weighted by atomic mass is 79.9. The first-order valence-corrected chi connectivity index (χ1v) is 8.16. The molecule has 0 amide bonds. The van der Waals surface area contributed by atoms with Crippen LogP contribution in [-0.4, -0.2) is 11.6 Å². The van der Waals surface area contributed by atoms with Crippen LogP contribution in [-0.2, 0) is 9.53 Å². The summed E-state index contributed by atoms with van der Waals surface area (Å²) in [6.07, 6.45) is 2.75. The van der Waals surface area contributed by atoms with Gasteiger partial charge in [-0.25, -0.2) is 0 Å². The SMILES string of the molecule is CC12CCC(CC(Br)c3ccccc3)(OC1=O)C2(C)C. The van der Waals surface area contributed by atoms with Crippen LogP contribution in [0.3, 0.4) is 0 Å². The van der Waals surface area contributed by atoms with Gasteiger partial charge in [0.1, 0.15) is 5.60 Å². The number of hydrogen-bond donors (Lipinski definition) is 0. The molecule has 2 nitrogen and oxygen atoms in total. The molecule has 1 aromatic rings. The zero-order chi connectivity index (χ0) is 14.6. The van der Waals surface area contributed by atoms with Gasteiger partial charge in [0, 0.05) is 16.7 Å². The first kappa shape index (κ1) is 14.1. The summed E-state index contributed by atoms with van der Waals surface area (Å²) in [6.45, 7) is 6.45. The highest BCUT2D eigenvalue weighted by Gasteiger charge is 2.72. The number of ether oxygens (including phenoxy) is 1. The summed E-state index contributed by atoms with van der Waals surface area (Å²) in [5.74, 6) is -0.0125. The Balaban J connectivity index is 1.90. The Morgan fingerprint density at radius 3 is 2.35 bits per heavy atom. The van der Waals surface area contributed by atoms with E-state index in [0.717, 1.165) is 19.3 Å². The van der Waals surface area contributed by atoms with E-state index in [2.05, 4.69) is 48.8 Å². The molecular weight excluding hydrogens is 316 g/mol. The van der Waals surface area contributed by atoms with Gasteiger partial charge in [-0.2, -0.15) is 0 Å². The van der Waals surface area contributed by atoms with E-state index >= 15 is 0 Å². The topological polar surface area (TPSA) is 26.3 Å². The van der Waals surface area contributed by atoms with Crippen molar-refractivity contribution >= 4 is 21.9 Å². The molecule has 2 fully saturated rings. The minimum Gasteiger partial charge on any atom is -0.458 e. The molecule has 3 heteroatoms. The van der Waals surface area contributed by atoms with Gasteiger partial charge in [-0.05, 0) is 25.3 Å². The van der Waals surface area contributed by atoms with Gasteiger partial charge in [0.2, 0.25) is 0 Å². The maximum Gasteiger partial charge on any atom is 0.313 e. The van der Waals surface area contributed by atoms with Crippen LogP contribution in [0.4, 0.5) is 0 Å². The quantitative estimate of drug-likeness (QED) is 0.594. The summed E-state index contributed by atoms with van der Waals surface area (Å²) in [7, 11) is 0. The third-order valence-corrected chi connectivity index (χ3v) is 6.81. The molecule has 0 aromatic heterocycles. The van der Waals surface area contributed by atoms with Gasteiger partial charge in [0.15, 0.2) is 0 Å². The lowest BCUT2D eigenvalue weighted by molar-refractivity contribution is -0.160. The second-order valence-corrected chi connectivity index (χ2v) is 8.03. The Morgan fingerprint density at radius 2 is 1.85 bits per heavy atom. The van der Waals surface area contributed by atoms with Crippen molar-refractivity contribution in [3.63, 3.8) is 0 Å². The number of rotatable bonds is 3. The molecule has 2 bridgehead atoms. The second-order valence-electron chi connectivity index (χ2n) is 6.92. The molecule has 0 spiro atoms. The van der Waals surface area contributed by atoms with Crippen LogP contribution in [0.2, 0.25) is 0 Å². The van der Waals surface area contributed by atoms with E-state index in [1.54, 1.807) is 0 Å². The summed E-state index contributed by atoms with van der Waals surface area (Å²) in [4.78, 5) is 12.5. The van der Waals surface area contributed by atoms with Crippen molar-refractivity contribution in [1.29, 1.82) is 0 Å². The zero-order valence-electron chi connectivity index (χ0n) is 12.3. The van der Waals surface area contributed by atoms with Crippen LogP contribution in [0.15, 0.2) is 30.3 Å². The van der Waals surface area contributed by atoms with E-state index in [4.69, 9.17) is 4.74 Å². The smallest absolute Gasteiger partial charge is 0.313 e. The molecule has 1 aliphatic carbocycles. The summed E-state index contributed by atoms with van der Waals surface area (Å²) >= 11 is 3.79. The number of halogens is 1. The summed E-state index contributed by atoms with van der Waals surface area (Å²) in [5, 5.41) is 0. The Labute approximate surface area is 129 Å². The Morgan fingerprint density at radius 1 is 1.20 bits per heavy atom. The van der Waals surface area contributed by atoms with Crippen LogP contribution in [0.25, 0.3) is 0 Å². The van der Waals surface area contributed by atoms with Crippen molar-refractivity contribution in [3.8, 4) is 0 Å². The fraction of sp³-hybridized carbons (Fsp3) is 0.588. The van der Waals surface area contributed by atoms with Crippen molar-refractivity contribution in [2.24, 2.45) is 10.8 Å². The molecule has 1 saturated carbocycles. The summed E-state index contributed by atoms with van der Waals surface area (Å²) in [5.41, 5.74) is 0.478. The van der Waals surface area contributed by atoms with Gasteiger partial charge in [-0.3, -0.25) is 4.79 Å². The average molecular weight is 337 g/mol. The van der Waals surface area contributed by atoms with E-state index < -0.39 is 0 Å². The molecule has 108 valence electrons. The molecule has 20 heavy (non-hydrogen) atoms. The minimum absolute atomic E-state index is 0.0125. The highest BCUT2D eigenvalue weighted by molar-refractivity contribution is 9.09. The zero-order valence-corrected chi connectivity index (χ0v) is 13.9. The monoisotopic (exact) mass is 336 g/mol. The highest BCUT2D eigenvalue weighted by Crippen LogP contribution is 2.67. The lowest BCUT2D eigenvalue weighted by Crippen LogP contribution is -2.41. The lowest BCUT2D eigenvalue weighted by atomic mass is 9.65. The van der Waals surface area contributed by atoms with E-state index in [1.165, 1.54) is 5.56 Å². The molecule has 1 aliphatic heterocycles. The normalized spacial score (nSPS) is 35.9. The predicted octanol–water partition coefficient (Wildman–Crippen LogP) is 4.63. The van der Waals surface area contributed by atoms with E-state index in [0.29, 0.717) is 0 Å². The van der Waals surface area contributed by atoms with Gasteiger partial charge in [-0.1, -0.05) is 60.1 Å². The van der Waals surface area contributed by atoms with Gasteiger partial charge in [0.05, 0.1) is 5.41 Å². The lowest BCUT2D eigenvalue weighted by Gasteiger charge is -2.38. The van der Waals surface area contributed by atoms with Crippen LogP contribution < -0.4 is 0 Å². The van der Waals surface area contributed by atoms with Crippen molar-refractivity contribution in [2.45, 2.75) is 50.5 Å². The maximum absolute atomic E-state index is 12.3. The fourth-order valence-electron chi connectivity index (χ4n) is 3.87. The average Bonchev–Trinajstić information content (AvgIpc) is 2.69. The summed E-state index contributed by atoms with van der Waals surface area (Å²) < 4.78 is 5.89. The molecule has 3 atom stereocenters. The first-order valence-electron chi connectivity index (χ1n) is 7.25. The number of carbonyl (C=O) groups is 1. The minimum atomic E-state index is -0.331. The molecule has 3 rings (SSSR count). The molecular formula is C17H21BrO2. The molecule has 3 unspecified atom stereocenters. The number of fused-ring (bicyclic) bond motifs is 2. The predicted molar refractivity (Wildman–Crippen MR) is 82.7 cm³/mol. The Hall–Kier alpha value is -0.830. The van der Waals surface area contributed by atoms with E-state index in [9.17, 15) is 4.79 Å². The molecule has 1 saturated heterocycles. The van der Waals surface area contributed by atoms with Crippen molar-refractivity contribution in [2.75, 3.05) is 0 Å². The van der Waals surface area contributed by atoms with Gasteiger partial charge >= 0.3 is 5.97 Å². The largest absolute Gasteiger partial charge is 0.458 e. The van der Waals surface area contributed by atoms with E-state index in [-0.39, 0.29) is 27.2 Å². The van der Waals surface area contributed by atoms with Crippen LogP contribution in [0, 0.1) is 10.8 Å². The van der Waals surface area contributed by atoms with Crippen LogP contribution >= 0.6 is 15.9 Å². The number of alkyl halides is 1. The van der Waals surface area contributed by atoms with Crippen LogP contribution in [0.1, 0.15) is 50.4 Å². The van der Waals surface area contributed by atoms with Crippen molar-refractivity contribution in [3.05, 3.63) is 35.9 Å². The van der Waals surface area contributed by atoms with Gasteiger partial charge < -0.3 is 4.74 Å². The molecule has 1 heterocycles. The van der Waals surface area contributed by atoms with Gasteiger partial charge in [-0.15, -0.1) is 0 Å². The molecule has 1 aromatic carbocycles. The molecule has 2 aliphatic rings. The standard InChI is InChI=1S/C17H21BrO2/c1-15(2)16(3)9-10-17(15,20-14(16)19)11-13(18)12-7-5-4-6-8-12/h4-8,13H,9-11H2,1-3H3. The Bertz CT molecular complexity index is 539. The number of carbonyl (C=O) groups excluding carboxylic acids is 1. The third kappa shape index (κ3) is 1.65. The number of esters is 1. The van der Waals surface area contributed by atoms with Crippen molar-refractivity contribution in [1.82, 2.24) is 0 Å². The summed E-state index contributed by atoms with van der Waals surface area (Å²) in [6, 6.07) is 10.4. The third-order valence-electron chi connectivity index (χ3n) is 5.96. The van der Waals surface area contributed by atoms with Gasteiger partial charge in [0.25, 0.3) is 0 Å². The molecule has 0 radical (unpaired) electrons. The molecule has 0 N–H and O–H groups in total. The first-order chi connectivity index (χ1) is 9.32. The fourth-order valence-corrected chi connectivity index (χ4v) is 4.70. The van der Waals surface area contributed by atoms with Crippen molar-refractivity contribution < 1.29 is 9.53 Å².